The maximum absolute atomic E-state index is 15.3. The van der Waals surface area contributed by atoms with Crippen LogP contribution in [0.3, 0.4) is 0 Å². The van der Waals surface area contributed by atoms with Gasteiger partial charge < -0.3 is 14.6 Å². The van der Waals surface area contributed by atoms with Crippen molar-refractivity contribution in [1.82, 2.24) is 15.2 Å². The standard InChI is InChI=1S/C27H31FN4O4S/c1-7-9-10-23(35-6)24(28)21-13-18(5)29-14-22(21)25(34)30-26-31-32-27(37-26)36-16-20(17(3)4)12-11-19(8-2)15-33/h7-14,33H,1,15-16H2,2-6H3,(H,30,31,34)/b10-9-,12-11-,19-8+,24-23+. The van der Waals surface area contributed by atoms with E-state index in [0.717, 1.165) is 28.1 Å². The third-order valence-electron chi connectivity index (χ3n) is 5.01. The highest BCUT2D eigenvalue weighted by Crippen LogP contribution is 2.28. The number of nitrogens with one attached hydrogen (secondary N) is 1. The number of aliphatic hydroxyl groups is 1. The van der Waals surface area contributed by atoms with Gasteiger partial charge in [-0.2, -0.15) is 0 Å². The second-order valence-corrected chi connectivity index (χ2v) is 8.78. The number of aromatic nitrogens is 3. The van der Waals surface area contributed by atoms with E-state index in [2.05, 4.69) is 27.1 Å². The molecule has 0 aliphatic rings. The number of amides is 1. The SMILES string of the molecule is C=C/C=C\C(OC)=C(/F)c1cc(C)ncc1C(=O)Nc1nnc(OCC(/C=C\C(=C/C)CO)=C(C)C)s1. The van der Waals surface area contributed by atoms with E-state index in [1.54, 1.807) is 6.92 Å². The Morgan fingerprint density at radius 2 is 2.00 bits per heavy atom. The van der Waals surface area contributed by atoms with E-state index in [1.807, 2.05) is 39.0 Å². The first-order chi connectivity index (χ1) is 17.7. The Morgan fingerprint density at radius 1 is 1.24 bits per heavy atom. The number of methoxy groups -OCH3 is 1. The lowest BCUT2D eigenvalue weighted by Crippen LogP contribution is -2.15. The predicted molar refractivity (Wildman–Crippen MR) is 145 cm³/mol. The maximum atomic E-state index is 15.3. The highest BCUT2D eigenvalue weighted by atomic mass is 32.1. The number of rotatable bonds is 12. The van der Waals surface area contributed by atoms with Crippen LogP contribution in [-0.2, 0) is 4.74 Å². The number of hydrogen-bond acceptors (Lipinski definition) is 8. The van der Waals surface area contributed by atoms with Crippen molar-refractivity contribution in [3.63, 3.8) is 0 Å². The number of carbonyl (C=O) groups excluding carboxylic acids is 1. The van der Waals surface area contributed by atoms with Gasteiger partial charge in [-0.15, -0.1) is 5.10 Å². The summed E-state index contributed by atoms with van der Waals surface area (Å²) in [5.74, 6) is -1.39. The molecule has 0 aromatic carbocycles. The Balaban J connectivity index is 2.21. The zero-order valence-electron chi connectivity index (χ0n) is 21.5. The number of ether oxygens (including phenoxy) is 2. The van der Waals surface area contributed by atoms with Gasteiger partial charge in [-0.1, -0.05) is 47.6 Å². The Bertz CT molecular complexity index is 1270. The van der Waals surface area contributed by atoms with Crippen molar-refractivity contribution in [3.8, 4) is 5.19 Å². The molecule has 0 spiro atoms. The second kappa shape index (κ2) is 14.6. The average molecular weight is 527 g/mol. The van der Waals surface area contributed by atoms with Gasteiger partial charge in [0.1, 0.15) is 6.61 Å². The first kappa shape index (κ1) is 29.3. The van der Waals surface area contributed by atoms with Gasteiger partial charge in [0.05, 0.1) is 19.3 Å². The maximum Gasteiger partial charge on any atom is 0.296 e. The molecule has 0 atom stereocenters. The van der Waals surface area contributed by atoms with Crippen LogP contribution in [0.15, 0.2) is 77.8 Å². The van der Waals surface area contributed by atoms with Gasteiger partial charge >= 0.3 is 0 Å². The minimum absolute atomic E-state index is 0.00273. The van der Waals surface area contributed by atoms with Crippen molar-refractivity contribution in [2.24, 2.45) is 0 Å². The van der Waals surface area contributed by atoms with Gasteiger partial charge in [0.15, 0.2) is 11.6 Å². The van der Waals surface area contributed by atoms with Crippen molar-refractivity contribution >= 4 is 28.2 Å². The topological polar surface area (TPSA) is 106 Å². The minimum Gasteiger partial charge on any atom is -0.494 e. The summed E-state index contributed by atoms with van der Waals surface area (Å²) in [7, 11) is 1.33. The molecule has 2 N–H and O–H groups in total. The van der Waals surface area contributed by atoms with Crippen LogP contribution >= 0.6 is 11.3 Å². The lowest BCUT2D eigenvalue weighted by molar-refractivity contribution is 0.102. The second-order valence-electron chi connectivity index (χ2n) is 7.84. The molecule has 2 aromatic heterocycles. The van der Waals surface area contributed by atoms with Gasteiger partial charge in [0.2, 0.25) is 5.13 Å². The monoisotopic (exact) mass is 526 g/mol. The zero-order valence-corrected chi connectivity index (χ0v) is 22.4. The smallest absolute Gasteiger partial charge is 0.296 e. The minimum atomic E-state index is -0.720. The van der Waals surface area contributed by atoms with Gasteiger partial charge in [0, 0.05) is 17.5 Å². The van der Waals surface area contributed by atoms with E-state index in [0.29, 0.717) is 5.69 Å². The largest absolute Gasteiger partial charge is 0.494 e. The van der Waals surface area contributed by atoms with E-state index in [-0.39, 0.29) is 40.4 Å². The van der Waals surface area contributed by atoms with Crippen LogP contribution in [0.5, 0.6) is 5.19 Å². The van der Waals surface area contributed by atoms with Crippen molar-refractivity contribution in [2.75, 3.05) is 25.6 Å². The van der Waals surface area contributed by atoms with Crippen LogP contribution in [0.4, 0.5) is 9.52 Å². The summed E-state index contributed by atoms with van der Waals surface area (Å²) in [5, 5.41) is 20.3. The average Bonchev–Trinajstić information content (AvgIpc) is 3.33. The number of carbonyl (C=O) groups is 1. The molecular weight excluding hydrogens is 495 g/mol. The Kier molecular flexibility index (Phi) is 11.6. The third kappa shape index (κ3) is 8.62. The van der Waals surface area contributed by atoms with E-state index >= 15 is 4.39 Å². The number of allylic oxidation sites excluding steroid dienone is 5. The van der Waals surface area contributed by atoms with E-state index in [1.165, 1.54) is 37.6 Å². The zero-order chi connectivity index (χ0) is 27.4. The normalized spacial score (nSPS) is 12.5. The third-order valence-corrected chi connectivity index (χ3v) is 5.77. The van der Waals surface area contributed by atoms with Crippen molar-refractivity contribution in [1.29, 1.82) is 0 Å². The molecule has 0 saturated carbocycles. The summed E-state index contributed by atoms with van der Waals surface area (Å²) in [5.41, 5.74) is 3.29. The fraction of sp³-hybridized carbons (Fsp3) is 0.259. The molecule has 0 bridgehead atoms. The van der Waals surface area contributed by atoms with Crippen LogP contribution in [-0.4, -0.2) is 46.5 Å². The molecule has 2 rings (SSSR count). The quantitative estimate of drug-likeness (QED) is 0.269. The summed E-state index contributed by atoms with van der Waals surface area (Å²) in [4.78, 5) is 17.1. The number of halogens is 1. The molecule has 8 nitrogen and oxygen atoms in total. The van der Waals surface area contributed by atoms with Gasteiger partial charge in [-0.05, 0) is 62.3 Å². The molecule has 2 heterocycles. The summed E-state index contributed by atoms with van der Waals surface area (Å²) in [6.45, 7) is 11.2. The number of hydrogen-bond donors (Lipinski definition) is 2. The summed E-state index contributed by atoms with van der Waals surface area (Å²) < 4.78 is 26.1. The van der Waals surface area contributed by atoms with Crippen LogP contribution in [0.2, 0.25) is 0 Å². The number of aliphatic hydroxyl groups excluding tert-OH is 1. The highest BCUT2D eigenvalue weighted by molar-refractivity contribution is 7.17. The molecule has 37 heavy (non-hydrogen) atoms. The van der Waals surface area contributed by atoms with Gasteiger partial charge in [-0.25, -0.2) is 4.39 Å². The van der Waals surface area contributed by atoms with Crippen molar-refractivity contribution in [3.05, 3.63) is 94.6 Å². The molecule has 0 unspecified atom stereocenters. The predicted octanol–water partition coefficient (Wildman–Crippen LogP) is 5.73. The first-order valence-electron chi connectivity index (χ1n) is 11.3. The molecule has 196 valence electrons. The molecule has 0 aliphatic heterocycles. The number of anilines is 1. The van der Waals surface area contributed by atoms with Gasteiger partial charge in [0.25, 0.3) is 11.1 Å². The Labute approximate surface area is 220 Å². The molecule has 1 amide bonds. The lowest BCUT2D eigenvalue weighted by Gasteiger charge is -2.10. The van der Waals surface area contributed by atoms with Crippen molar-refractivity contribution in [2.45, 2.75) is 27.7 Å². The molecule has 0 saturated heterocycles. The number of pyridine rings is 1. The van der Waals surface area contributed by atoms with E-state index in [4.69, 9.17) is 9.47 Å². The van der Waals surface area contributed by atoms with Crippen LogP contribution in [0.25, 0.3) is 5.83 Å². The molecule has 0 radical (unpaired) electrons. The fourth-order valence-corrected chi connectivity index (χ4v) is 3.46. The fourth-order valence-electron chi connectivity index (χ4n) is 2.87. The Hall–Kier alpha value is -3.89. The van der Waals surface area contributed by atoms with E-state index < -0.39 is 11.7 Å². The van der Waals surface area contributed by atoms with Crippen LogP contribution in [0, 0.1) is 6.92 Å². The first-order valence-corrected chi connectivity index (χ1v) is 12.1. The summed E-state index contributed by atoms with van der Waals surface area (Å²) in [6.07, 6.45) is 11.2. The lowest BCUT2D eigenvalue weighted by atomic mass is 10.1. The molecule has 2 aromatic rings. The van der Waals surface area contributed by atoms with Crippen LogP contribution < -0.4 is 10.1 Å². The molecule has 10 heteroatoms. The van der Waals surface area contributed by atoms with E-state index in [9.17, 15) is 9.90 Å². The highest BCUT2D eigenvalue weighted by Gasteiger charge is 2.20. The van der Waals surface area contributed by atoms with Crippen molar-refractivity contribution < 1.29 is 23.8 Å². The summed E-state index contributed by atoms with van der Waals surface area (Å²) in [6, 6.07) is 1.46. The molecule has 0 aliphatic carbocycles. The van der Waals surface area contributed by atoms with Gasteiger partial charge in [-0.3, -0.25) is 15.1 Å². The molecular formula is C27H31FN4O4S. The Morgan fingerprint density at radius 3 is 2.62 bits per heavy atom. The summed E-state index contributed by atoms with van der Waals surface area (Å²) >= 11 is 1.03. The van der Waals surface area contributed by atoms with Crippen LogP contribution in [0.1, 0.15) is 42.4 Å². The number of nitrogens with zero attached hydrogens (tertiary/aromatic N) is 3. The number of aryl methyl sites for hydroxylation is 1. The molecule has 0 fully saturated rings.